The maximum atomic E-state index is 10.5. The lowest BCUT2D eigenvalue weighted by Crippen LogP contribution is -2.46. The summed E-state index contributed by atoms with van der Waals surface area (Å²) in [5.41, 5.74) is 1.07. The highest BCUT2D eigenvalue weighted by Crippen LogP contribution is 2.47. The van der Waals surface area contributed by atoms with Crippen LogP contribution >= 0.6 is 11.6 Å². The topological polar surface area (TPSA) is 29.5 Å². The Morgan fingerprint density at radius 1 is 1.28 bits per heavy atom. The maximum Gasteiger partial charge on any atom is 0.0820 e. The molecule has 1 aliphatic carbocycles. The molecule has 2 atom stereocenters. The fraction of sp³-hybridized carbons (Fsp3) is 0.600. The fourth-order valence-electron chi connectivity index (χ4n) is 3.19. The average molecular weight is 267 g/mol. The molecule has 0 radical (unpaired) electrons. The minimum atomic E-state index is -0.386. The van der Waals surface area contributed by atoms with Crippen molar-refractivity contribution in [3.8, 4) is 0 Å². The summed E-state index contributed by atoms with van der Waals surface area (Å²) in [7, 11) is 0. The monoisotopic (exact) mass is 266 g/mol. The Morgan fingerprint density at radius 2 is 2.00 bits per heavy atom. The summed E-state index contributed by atoms with van der Waals surface area (Å²) in [6.45, 7) is 0.787. The third-order valence-electron chi connectivity index (χ3n) is 4.45. The molecular formula is C15H19ClO2. The second-order valence-corrected chi connectivity index (χ2v) is 6.07. The molecule has 1 heterocycles. The number of aliphatic hydroxyl groups excluding tert-OH is 1. The molecule has 0 bridgehead atoms. The van der Waals surface area contributed by atoms with Crippen LogP contribution in [0, 0.1) is 5.92 Å². The first-order valence-corrected chi connectivity index (χ1v) is 7.14. The Bertz CT molecular complexity index is 411. The number of benzene rings is 1. The maximum absolute atomic E-state index is 10.5. The molecule has 0 aromatic heterocycles. The lowest BCUT2D eigenvalue weighted by molar-refractivity contribution is -0.157. The van der Waals surface area contributed by atoms with Gasteiger partial charge in [0.25, 0.3) is 0 Å². The second kappa shape index (κ2) is 4.84. The predicted molar refractivity (Wildman–Crippen MR) is 71.7 cm³/mol. The first kappa shape index (κ1) is 12.5. The lowest BCUT2D eigenvalue weighted by Gasteiger charge is -2.48. The van der Waals surface area contributed by atoms with Crippen LogP contribution in [-0.2, 0) is 4.74 Å². The van der Waals surface area contributed by atoms with Crippen LogP contribution in [0.25, 0.3) is 0 Å². The van der Waals surface area contributed by atoms with E-state index < -0.39 is 0 Å². The standard InChI is InChI=1S/C15H19ClO2/c16-13-4-2-11(3-5-13)14(17)12-6-9-18-15(10-12)7-1-8-15/h2-5,12,14,17H,1,6-10H2. The van der Waals surface area contributed by atoms with Crippen LogP contribution < -0.4 is 0 Å². The van der Waals surface area contributed by atoms with E-state index in [1.165, 1.54) is 6.42 Å². The normalized spacial score (nSPS) is 27.8. The number of hydrogen-bond acceptors (Lipinski definition) is 2. The van der Waals surface area contributed by atoms with Crippen LogP contribution in [0.1, 0.15) is 43.8 Å². The third kappa shape index (κ3) is 2.29. The van der Waals surface area contributed by atoms with Gasteiger partial charge < -0.3 is 9.84 Å². The Balaban J connectivity index is 1.71. The molecule has 2 fully saturated rings. The van der Waals surface area contributed by atoms with Gasteiger partial charge in [-0.2, -0.15) is 0 Å². The lowest BCUT2D eigenvalue weighted by atomic mass is 9.70. The Kier molecular flexibility index (Phi) is 3.35. The quantitative estimate of drug-likeness (QED) is 0.884. The van der Waals surface area contributed by atoms with Crippen LogP contribution in [0.15, 0.2) is 24.3 Å². The van der Waals surface area contributed by atoms with Crippen LogP contribution in [0.4, 0.5) is 0 Å². The van der Waals surface area contributed by atoms with Crippen molar-refractivity contribution >= 4 is 11.6 Å². The van der Waals surface area contributed by atoms with Crippen LogP contribution in [0.5, 0.6) is 0 Å². The number of rotatable bonds is 2. The zero-order chi connectivity index (χ0) is 12.6. The minimum Gasteiger partial charge on any atom is -0.388 e. The number of aliphatic hydroxyl groups is 1. The SMILES string of the molecule is OC(c1ccc(Cl)cc1)C1CCOC2(CCC2)C1. The first-order chi connectivity index (χ1) is 8.69. The van der Waals surface area contributed by atoms with Crippen LogP contribution in [0.3, 0.4) is 0 Å². The van der Waals surface area contributed by atoms with Gasteiger partial charge in [-0.1, -0.05) is 23.7 Å². The molecular weight excluding hydrogens is 248 g/mol. The fourth-order valence-corrected chi connectivity index (χ4v) is 3.31. The van der Waals surface area contributed by atoms with Crippen molar-refractivity contribution in [3.63, 3.8) is 0 Å². The van der Waals surface area contributed by atoms with Gasteiger partial charge in [0.15, 0.2) is 0 Å². The van der Waals surface area contributed by atoms with E-state index in [1.54, 1.807) is 0 Å². The molecule has 1 aliphatic heterocycles. The summed E-state index contributed by atoms with van der Waals surface area (Å²) in [5, 5.41) is 11.2. The van der Waals surface area contributed by atoms with Crippen molar-refractivity contribution in [2.75, 3.05) is 6.61 Å². The van der Waals surface area contributed by atoms with E-state index in [0.717, 1.165) is 37.9 Å². The summed E-state index contributed by atoms with van der Waals surface area (Å²) >= 11 is 5.88. The van der Waals surface area contributed by atoms with Crippen molar-refractivity contribution in [3.05, 3.63) is 34.9 Å². The third-order valence-corrected chi connectivity index (χ3v) is 4.71. The van der Waals surface area contributed by atoms with Crippen molar-refractivity contribution in [2.24, 2.45) is 5.92 Å². The van der Waals surface area contributed by atoms with Crippen molar-refractivity contribution in [1.82, 2.24) is 0 Å². The highest BCUT2D eigenvalue weighted by atomic mass is 35.5. The van der Waals surface area contributed by atoms with Crippen LogP contribution in [0.2, 0.25) is 5.02 Å². The molecule has 1 aromatic rings. The first-order valence-electron chi connectivity index (χ1n) is 6.76. The number of halogens is 1. The highest BCUT2D eigenvalue weighted by Gasteiger charge is 2.44. The van der Waals surface area contributed by atoms with Gasteiger partial charge >= 0.3 is 0 Å². The molecule has 3 heteroatoms. The summed E-state index contributed by atoms with van der Waals surface area (Å²) in [5.74, 6) is 0.320. The summed E-state index contributed by atoms with van der Waals surface area (Å²) < 4.78 is 5.90. The molecule has 2 unspecified atom stereocenters. The number of hydrogen-bond donors (Lipinski definition) is 1. The Morgan fingerprint density at radius 3 is 2.61 bits per heavy atom. The van der Waals surface area contributed by atoms with E-state index >= 15 is 0 Å². The molecule has 3 rings (SSSR count). The summed E-state index contributed by atoms with van der Waals surface area (Å²) in [6, 6.07) is 7.54. The smallest absolute Gasteiger partial charge is 0.0820 e. The second-order valence-electron chi connectivity index (χ2n) is 5.63. The molecule has 1 saturated carbocycles. The van der Waals surface area contributed by atoms with Crippen molar-refractivity contribution < 1.29 is 9.84 Å². The highest BCUT2D eigenvalue weighted by molar-refractivity contribution is 6.30. The van der Waals surface area contributed by atoms with Gasteiger partial charge in [0.2, 0.25) is 0 Å². The zero-order valence-corrected chi connectivity index (χ0v) is 11.2. The largest absolute Gasteiger partial charge is 0.388 e. The number of ether oxygens (including phenoxy) is 1. The Hall–Kier alpha value is -0.570. The molecule has 1 N–H and O–H groups in total. The van der Waals surface area contributed by atoms with Gasteiger partial charge in [-0.05, 0) is 55.7 Å². The van der Waals surface area contributed by atoms with Gasteiger partial charge in [0.05, 0.1) is 11.7 Å². The molecule has 98 valence electrons. The van der Waals surface area contributed by atoms with E-state index in [1.807, 2.05) is 24.3 Å². The van der Waals surface area contributed by atoms with E-state index in [-0.39, 0.29) is 11.7 Å². The molecule has 2 aliphatic rings. The molecule has 18 heavy (non-hydrogen) atoms. The molecule has 0 amide bonds. The molecule has 1 saturated heterocycles. The van der Waals surface area contributed by atoms with E-state index in [2.05, 4.69) is 0 Å². The van der Waals surface area contributed by atoms with Gasteiger partial charge in [-0.25, -0.2) is 0 Å². The van der Waals surface area contributed by atoms with E-state index in [0.29, 0.717) is 10.9 Å². The molecule has 2 nitrogen and oxygen atoms in total. The summed E-state index contributed by atoms with van der Waals surface area (Å²) in [6.07, 6.45) is 5.16. The van der Waals surface area contributed by atoms with Crippen LogP contribution in [-0.4, -0.2) is 17.3 Å². The predicted octanol–water partition coefficient (Wildman–Crippen LogP) is 3.72. The Labute approximate surface area is 113 Å². The summed E-state index contributed by atoms with van der Waals surface area (Å²) in [4.78, 5) is 0. The average Bonchev–Trinajstić information content (AvgIpc) is 2.37. The van der Waals surface area contributed by atoms with Gasteiger partial charge in [0.1, 0.15) is 0 Å². The van der Waals surface area contributed by atoms with E-state index in [4.69, 9.17) is 16.3 Å². The van der Waals surface area contributed by atoms with Gasteiger partial charge in [-0.3, -0.25) is 0 Å². The zero-order valence-electron chi connectivity index (χ0n) is 10.4. The van der Waals surface area contributed by atoms with E-state index in [9.17, 15) is 5.11 Å². The molecule has 1 spiro atoms. The minimum absolute atomic E-state index is 0.0936. The van der Waals surface area contributed by atoms with Crippen molar-refractivity contribution in [2.45, 2.75) is 43.8 Å². The van der Waals surface area contributed by atoms with Crippen molar-refractivity contribution in [1.29, 1.82) is 0 Å². The van der Waals surface area contributed by atoms with Gasteiger partial charge in [-0.15, -0.1) is 0 Å². The molecule has 1 aromatic carbocycles. The van der Waals surface area contributed by atoms with Gasteiger partial charge in [0, 0.05) is 11.6 Å².